The molecule has 3 unspecified atom stereocenters. The quantitative estimate of drug-likeness (QED) is 0.744. The van der Waals surface area contributed by atoms with E-state index in [1.807, 2.05) is 0 Å². The van der Waals surface area contributed by atoms with Crippen LogP contribution in [0.5, 0.6) is 0 Å². The van der Waals surface area contributed by atoms with E-state index in [1.54, 1.807) is 0 Å². The number of methoxy groups -OCH3 is 1. The van der Waals surface area contributed by atoms with Gasteiger partial charge >= 0.3 is 5.97 Å². The molecule has 0 heterocycles. The summed E-state index contributed by atoms with van der Waals surface area (Å²) in [5.74, 6) is 0.0569. The smallest absolute Gasteiger partial charge is 0.308 e. The second-order valence-corrected chi connectivity index (χ2v) is 8.13. The van der Waals surface area contributed by atoms with Gasteiger partial charge in [0.05, 0.1) is 19.1 Å². The summed E-state index contributed by atoms with van der Waals surface area (Å²) in [7, 11) is 1.45. The Bertz CT molecular complexity index is 298. The van der Waals surface area contributed by atoms with Crippen LogP contribution >= 0.6 is 0 Å². The Hall–Kier alpha value is -0.570. The Balaban J connectivity index is 3.04. The average molecular weight is 270 g/mol. The molecule has 0 spiro atoms. The summed E-state index contributed by atoms with van der Waals surface area (Å²) in [6, 6.07) is 0. The molecule has 0 saturated heterocycles. The maximum atomic E-state index is 11.9. The number of hydrogen-bond acceptors (Lipinski definition) is 3. The predicted octanol–water partition coefficient (Wildman–Crippen LogP) is 3.25. The summed E-state index contributed by atoms with van der Waals surface area (Å²) in [6.07, 6.45) is 1.11. The van der Waals surface area contributed by atoms with Crippen LogP contribution in [0, 0.1) is 28.6 Å². The van der Waals surface area contributed by atoms with Crippen molar-refractivity contribution in [2.75, 3.05) is 7.11 Å². The van der Waals surface area contributed by atoms with Crippen molar-refractivity contribution in [2.45, 2.75) is 60.5 Å². The average Bonchev–Trinajstić information content (AvgIpc) is 2.25. The van der Waals surface area contributed by atoms with Crippen LogP contribution in [-0.4, -0.2) is 24.3 Å². The molecule has 4 atom stereocenters. The second-order valence-electron chi connectivity index (χ2n) is 8.13. The third kappa shape index (κ3) is 3.71. The lowest BCUT2D eigenvalue weighted by Gasteiger charge is -2.48. The SMILES string of the molecule is COC(=O)C1CC(C(C)(C)C)C(O)[C@@H](C(C)(C)C)C1. The summed E-state index contributed by atoms with van der Waals surface area (Å²) in [4.78, 5) is 11.9. The van der Waals surface area contributed by atoms with E-state index in [4.69, 9.17) is 4.74 Å². The van der Waals surface area contributed by atoms with Gasteiger partial charge in [-0.1, -0.05) is 41.5 Å². The number of aliphatic hydroxyl groups is 1. The van der Waals surface area contributed by atoms with Crippen LogP contribution in [0.1, 0.15) is 54.4 Å². The second kappa shape index (κ2) is 5.43. The molecule has 1 aliphatic rings. The highest BCUT2D eigenvalue weighted by atomic mass is 16.5. The van der Waals surface area contributed by atoms with Crippen LogP contribution in [0.4, 0.5) is 0 Å². The Morgan fingerprint density at radius 2 is 1.37 bits per heavy atom. The van der Waals surface area contributed by atoms with Gasteiger partial charge in [0, 0.05) is 0 Å². The van der Waals surface area contributed by atoms with Gasteiger partial charge in [-0.15, -0.1) is 0 Å². The van der Waals surface area contributed by atoms with E-state index in [9.17, 15) is 9.90 Å². The minimum atomic E-state index is -0.346. The maximum absolute atomic E-state index is 11.9. The lowest BCUT2D eigenvalue weighted by molar-refractivity contribution is -0.154. The summed E-state index contributed by atoms with van der Waals surface area (Å²) >= 11 is 0. The molecule has 1 rings (SSSR count). The minimum Gasteiger partial charge on any atom is -0.469 e. The predicted molar refractivity (Wildman–Crippen MR) is 76.6 cm³/mol. The molecule has 0 aromatic carbocycles. The first-order valence-corrected chi connectivity index (χ1v) is 7.24. The molecule has 1 aliphatic carbocycles. The summed E-state index contributed by atoms with van der Waals surface area (Å²) in [5.41, 5.74) is -0.00871. The van der Waals surface area contributed by atoms with Crippen molar-refractivity contribution in [3.8, 4) is 0 Å². The summed E-state index contributed by atoms with van der Waals surface area (Å²) in [6.45, 7) is 12.8. The third-order valence-electron chi connectivity index (χ3n) is 4.66. The topological polar surface area (TPSA) is 46.5 Å². The zero-order valence-electron chi connectivity index (χ0n) is 13.5. The summed E-state index contributed by atoms with van der Waals surface area (Å²) in [5, 5.41) is 10.7. The molecule has 3 nitrogen and oxygen atoms in total. The molecule has 0 bridgehead atoms. The van der Waals surface area contributed by atoms with Crippen molar-refractivity contribution in [1.82, 2.24) is 0 Å². The van der Waals surface area contributed by atoms with E-state index in [0.717, 1.165) is 12.8 Å². The van der Waals surface area contributed by atoms with Crippen molar-refractivity contribution >= 4 is 5.97 Å². The van der Waals surface area contributed by atoms with Crippen LogP contribution < -0.4 is 0 Å². The van der Waals surface area contributed by atoms with Gasteiger partial charge in [0.2, 0.25) is 0 Å². The van der Waals surface area contributed by atoms with Crippen molar-refractivity contribution in [3.63, 3.8) is 0 Å². The van der Waals surface area contributed by atoms with E-state index in [1.165, 1.54) is 7.11 Å². The molecule has 112 valence electrons. The first kappa shape index (κ1) is 16.5. The zero-order chi connectivity index (χ0) is 15.0. The number of carbonyl (C=O) groups is 1. The molecule has 1 fully saturated rings. The molecule has 0 aromatic heterocycles. The van der Waals surface area contributed by atoms with Gasteiger partial charge in [-0.05, 0) is 35.5 Å². The Morgan fingerprint density at radius 1 is 1.00 bits per heavy atom. The number of aliphatic hydroxyl groups excluding tert-OH is 1. The summed E-state index contributed by atoms with van der Waals surface area (Å²) < 4.78 is 4.93. The van der Waals surface area contributed by atoms with Crippen LogP contribution in [0.2, 0.25) is 0 Å². The largest absolute Gasteiger partial charge is 0.469 e. The van der Waals surface area contributed by atoms with E-state index in [-0.39, 0.29) is 40.7 Å². The van der Waals surface area contributed by atoms with Crippen molar-refractivity contribution in [3.05, 3.63) is 0 Å². The Kier molecular flexibility index (Phi) is 4.71. The van der Waals surface area contributed by atoms with Gasteiger partial charge in [-0.25, -0.2) is 0 Å². The lowest BCUT2D eigenvalue weighted by Crippen LogP contribution is -2.49. The number of carbonyl (C=O) groups excluding carboxylic acids is 1. The lowest BCUT2D eigenvalue weighted by atomic mass is 9.58. The van der Waals surface area contributed by atoms with Gasteiger partial charge in [-0.2, -0.15) is 0 Å². The standard InChI is InChI=1S/C16H30O3/c1-15(2,3)11-8-10(14(18)19-7)9-12(13(11)17)16(4,5)6/h10-13,17H,8-9H2,1-7H3/t10?,11-,12?,13?/m0/s1. The van der Waals surface area contributed by atoms with Gasteiger partial charge < -0.3 is 9.84 Å². The fraction of sp³-hybridized carbons (Fsp3) is 0.938. The molecule has 1 N–H and O–H groups in total. The number of esters is 1. The van der Waals surface area contributed by atoms with Gasteiger partial charge in [0.25, 0.3) is 0 Å². The third-order valence-corrected chi connectivity index (χ3v) is 4.66. The van der Waals surface area contributed by atoms with E-state index < -0.39 is 0 Å². The Labute approximate surface area is 117 Å². The van der Waals surface area contributed by atoms with E-state index >= 15 is 0 Å². The molecule has 3 heteroatoms. The van der Waals surface area contributed by atoms with E-state index in [2.05, 4.69) is 41.5 Å². The van der Waals surface area contributed by atoms with Gasteiger partial charge in [0.15, 0.2) is 0 Å². The normalized spacial score (nSPS) is 33.1. The van der Waals surface area contributed by atoms with Crippen LogP contribution in [0.25, 0.3) is 0 Å². The number of ether oxygens (including phenoxy) is 1. The molecule has 0 aromatic rings. The zero-order valence-corrected chi connectivity index (χ0v) is 13.5. The molecule has 0 amide bonds. The van der Waals surface area contributed by atoms with Crippen LogP contribution in [0.15, 0.2) is 0 Å². The fourth-order valence-corrected chi connectivity index (χ4v) is 3.36. The highest BCUT2D eigenvalue weighted by Crippen LogP contribution is 2.48. The van der Waals surface area contributed by atoms with Crippen molar-refractivity contribution in [1.29, 1.82) is 0 Å². The molecular formula is C16H30O3. The number of rotatable bonds is 1. The van der Waals surface area contributed by atoms with Gasteiger partial charge in [0.1, 0.15) is 0 Å². The van der Waals surface area contributed by atoms with Crippen molar-refractivity contribution < 1.29 is 14.6 Å². The molecule has 0 aliphatic heterocycles. The molecular weight excluding hydrogens is 240 g/mol. The molecule has 1 saturated carbocycles. The van der Waals surface area contributed by atoms with Crippen molar-refractivity contribution in [2.24, 2.45) is 28.6 Å². The highest BCUT2D eigenvalue weighted by molar-refractivity contribution is 5.72. The Morgan fingerprint density at radius 3 is 1.63 bits per heavy atom. The monoisotopic (exact) mass is 270 g/mol. The maximum Gasteiger partial charge on any atom is 0.308 e. The van der Waals surface area contributed by atoms with Crippen LogP contribution in [0.3, 0.4) is 0 Å². The molecule has 0 radical (unpaired) electrons. The highest BCUT2D eigenvalue weighted by Gasteiger charge is 2.47. The first-order valence-electron chi connectivity index (χ1n) is 7.24. The first-order chi connectivity index (χ1) is 8.48. The number of hydrogen-bond donors (Lipinski definition) is 1. The minimum absolute atomic E-state index is 0.00436. The fourth-order valence-electron chi connectivity index (χ4n) is 3.36. The van der Waals surface area contributed by atoms with Crippen LogP contribution in [-0.2, 0) is 9.53 Å². The van der Waals surface area contributed by atoms with E-state index in [0.29, 0.717) is 0 Å². The van der Waals surface area contributed by atoms with Gasteiger partial charge in [-0.3, -0.25) is 4.79 Å². The molecule has 19 heavy (non-hydrogen) atoms.